The maximum absolute atomic E-state index is 12.4. The number of carbonyl (C=O) groups excluding carboxylic acids is 2. The Bertz CT molecular complexity index is 862. The second-order valence-electron chi connectivity index (χ2n) is 6.89. The van der Waals surface area contributed by atoms with Crippen LogP contribution in [0.25, 0.3) is 0 Å². The van der Waals surface area contributed by atoms with Crippen LogP contribution in [-0.4, -0.2) is 34.9 Å². The fourth-order valence-electron chi connectivity index (χ4n) is 2.64. The van der Waals surface area contributed by atoms with E-state index in [9.17, 15) is 19.6 Å². The highest BCUT2D eigenvalue weighted by atomic mass is 35.5. The normalized spacial score (nSPS) is 12.8. The molecule has 2 atom stereocenters. The second kappa shape index (κ2) is 10.6. The lowest BCUT2D eigenvalue weighted by Gasteiger charge is -2.20. The van der Waals surface area contributed by atoms with E-state index in [2.05, 4.69) is 10.6 Å². The highest BCUT2D eigenvalue weighted by Gasteiger charge is 2.29. The highest BCUT2D eigenvalue weighted by Crippen LogP contribution is 2.20. The number of rotatable bonds is 8. The third kappa shape index (κ3) is 7.05. The van der Waals surface area contributed by atoms with Crippen LogP contribution in [0.1, 0.15) is 23.6 Å². The van der Waals surface area contributed by atoms with Gasteiger partial charge in [0.15, 0.2) is 0 Å². The molecule has 0 radical (unpaired) electrons. The zero-order valence-electron chi connectivity index (χ0n) is 16.2. The van der Waals surface area contributed by atoms with E-state index in [4.69, 9.17) is 23.2 Å². The minimum atomic E-state index is -1.76. The molecule has 29 heavy (non-hydrogen) atoms. The van der Waals surface area contributed by atoms with Gasteiger partial charge in [0.25, 0.3) is 0 Å². The molecular weight excluding hydrogens is 414 g/mol. The van der Waals surface area contributed by atoms with Gasteiger partial charge in [-0.25, -0.2) is 0 Å². The van der Waals surface area contributed by atoms with Gasteiger partial charge in [-0.05, 0) is 43.5 Å². The van der Waals surface area contributed by atoms with Crippen molar-refractivity contribution in [2.75, 3.05) is 0 Å². The van der Waals surface area contributed by atoms with Crippen molar-refractivity contribution in [1.29, 1.82) is 0 Å². The Morgan fingerprint density at radius 1 is 1.07 bits per heavy atom. The number of hydrogen-bond acceptors (Lipinski definition) is 4. The van der Waals surface area contributed by atoms with Crippen LogP contribution < -0.4 is 10.6 Å². The predicted molar refractivity (Wildman–Crippen MR) is 114 cm³/mol. The quantitative estimate of drug-likeness (QED) is 0.377. The van der Waals surface area contributed by atoms with E-state index in [0.717, 1.165) is 11.1 Å². The number of hydrogen-bond donors (Lipinski definition) is 4. The Morgan fingerprint density at radius 3 is 2.31 bits per heavy atom. The summed E-state index contributed by atoms with van der Waals surface area (Å²) in [5, 5.41) is 25.3. The smallest absolute Gasteiger partial charge is 0.426 e. The van der Waals surface area contributed by atoms with Crippen LogP contribution in [0.3, 0.4) is 0 Å². The molecule has 4 N–H and O–H groups in total. The van der Waals surface area contributed by atoms with Crippen molar-refractivity contribution in [3.05, 3.63) is 69.2 Å². The molecule has 2 rings (SSSR count). The van der Waals surface area contributed by atoms with Gasteiger partial charge < -0.3 is 20.7 Å². The molecule has 0 bridgehead atoms. The molecular formula is C20H23BCl2N2O4. The molecule has 154 valence electrons. The number of carbonyl (C=O) groups is 2. The van der Waals surface area contributed by atoms with Crippen LogP contribution in [0.5, 0.6) is 0 Å². The molecule has 6 nitrogen and oxygen atoms in total. The Balaban J connectivity index is 1.93. The van der Waals surface area contributed by atoms with Gasteiger partial charge in [-0.2, -0.15) is 0 Å². The SMILES string of the molecule is Cc1ccc(C[C@H](NC(=O)C(C)C(=O)NCc2ccc(Cl)cc2Cl)B(O)O)cc1. The van der Waals surface area contributed by atoms with Gasteiger partial charge in [-0.15, -0.1) is 0 Å². The number of amides is 2. The molecule has 2 aromatic rings. The average Bonchev–Trinajstić information content (AvgIpc) is 2.67. The van der Waals surface area contributed by atoms with Crippen molar-refractivity contribution < 1.29 is 19.6 Å². The molecule has 0 aliphatic heterocycles. The molecule has 0 aliphatic carbocycles. The van der Waals surface area contributed by atoms with Crippen LogP contribution >= 0.6 is 23.2 Å². The standard InChI is InChI=1S/C20H23BCl2N2O4/c1-12-3-5-14(6-4-12)9-18(21(28)29)25-20(27)13(2)19(26)24-11-15-7-8-16(22)10-17(15)23/h3-8,10,13,18,28-29H,9,11H2,1-2H3,(H,24,26)(H,25,27)/t13?,18-/m0/s1. The molecule has 2 aromatic carbocycles. The molecule has 0 aliphatic rings. The van der Waals surface area contributed by atoms with Gasteiger partial charge in [0.2, 0.25) is 11.8 Å². The van der Waals surface area contributed by atoms with Crippen molar-refractivity contribution in [2.24, 2.45) is 5.92 Å². The molecule has 0 fully saturated rings. The lowest BCUT2D eigenvalue weighted by Crippen LogP contribution is -2.51. The molecule has 1 unspecified atom stereocenters. The molecule has 0 aromatic heterocycles. The lowest BCUT2D eigenvalue weighted by molar-refractivity contribution is -0.134. The van der Waals surface area contributed by atoms with E-state index in [0.29, 0.717) is 15.6 Å². The predicted octanol–water partition coefficient (Wildman–Crippen LogP) is 2.29. The summed E-state index contributed by atoms with van der Waals surface area (Å²) in [4.78, 5) is 24.7. The summed E-state index contributed by atoms with van der Waals surface area (Å²) in [6.45, 7) is 3.53. The lowest BCUT2D eigenvalue weighted by atomic mass is 9.75. The second-order valence-corrected chi connectivity index (χ2v) is 7.74. The minimum absolute atomic E-state index is 0.141. The average molecular weight is 437 g/mol. The Morgan fingerprint density at radius 2 is 1.72 bits per heavy atom. The number of nitrogens with one attached hydrogen (secondary N) is 2. The van der Waals surface area contributed by atoms with E-state index in [1.54, 1.807) is 18.2 Å². The molecule has 0 saturated carbocycles. The zero-order chi connectivity index (χ0) is 21.6. The fraction of sp³-hybridized carbons (Fsp3) is 0.300. The van der Waals surface area contributed by atoms with Crippen LogP contribution in [-0.2, 0) is 22.6 Å². The topological polar surface area (TPSA) is 98.7 Å². The Labute approximate surface area is 180 Å². The number of benzene rings is 2. The minimum Gasteiger partial charge on any atom is -0.426 e. The van der Waals surface area contributed by atoms with E-state index in [1.165, 1.54) is 6.92 Å². The third-order valence-corrected chi connectivity index (χ3v) is 5.11. The van der Waals surface area contributed by atoms with Crippen LogP contribution in [0.4, 0.5) is 0 Å². The van der Waals surface area contributed by atoms with Crippen molar-refractivity contribution in [1.82, 2.24) is 10.6 Å². The summed E-state index contributed by atoms with van der Waals surface area (Å²) < 4.78 is 0. The first-order valence-electron chi connectivity index (χ1n) is 9.11. The van der Waals surface area contributed by atoms with Crippen molar-refractivity contribution in [3.8, 4) is 0 Å². The maximum Gasteiger partial charge on any atom is 0.475 e. The van der Waals surface area contributed by atoms with Crippen LogP contribution in [0, 0.1) is 12.8 Å². The van der Waals surface area contributed by atoms with E-state index < -0.39 is 30.8 Å². The third-order valence-electron chi connectivity index (χ3n) is 4.52. The fourth-order valence-corrected chi connectivity index (χ4v) is 3.11. The Hall–Kier alpha value is -2.06. The number of aryl methyl sites for hydroxylation is 1. The maximum atomic E-state index is 12.4. The summed E-state index contributed by atoms with van der Waals surface area (Å²) in [5.74, 6) is -3.07. The first kappa shape index (κ1) is 23.2. The van der Waals surface area contributed by atoms with Gasteiger partial charge in [-0.3, -0.25) is 9.59 Å². The monoisotopic (exact) mass is 436 g/mol. The van der Waals surface area contributed by atoms with Crippen molar-refractivity contribution in [2.45, 2.75) is 32.8 Å². The van der Waals surface area contributed by atoms with Gasteiger partial charge in [0, 0.05) is 16.6 Å². The van der Waals surface area contributed by atoms with Gasteiger partial charge in [0.05, 0.1) is 5.94 Å². The molecule has 2 amide bonds. The molecule has 0 saturated heterocycles. The highest BCUT2D eigenvalue weighted by molar-refractivity contribution is 6.43. The van der Waals surface area contributed by atoms with Gasteiger partial charge in [0.1, 0.15) is 5.92 Å². The summed E-state index contributed by atoms with van der Waals surface area (Å²) in [5.41, 5.74) is 2.58. The van der Waals surface area contributed by atoms with E-state index in [-0.39, 0.29) is 13.0 Å². The number of halogens is 2. The van der Waals surface area contributed by atoms with Crippen molar-refractivity contribution in [3.63, 3.8) is 0 Å². The largest absolute Gasteiger partial charge is 0.475 e. The summed E-state index contributed by atoms with van der Waals surface area (Å²) in [6.07, 6.45) is 0.221. The van der Waals surface area contributed by atoms with Crippen LogP contribution in [0.15, 0.2) is 42.5 Å². The molecule has 0 heterocycles. The van der Waals surface area contributed by atoms with E-state index in [1.807, 2.05) is 31.2 Å². The van der Waals surface area contributed by atoms with Crippen molar-refractivity contribution >= 4 is 42.1 Å². The Kier molecular flexibility index (Phi) is 8.52. The molecule has 9 heteroatoms. The summed E-state index contributed by atoms with van der Waals surface area (Å²) in [7, 11) is -1.76. The summed E-state index contributed by atoms with van der Waals surface area (Å²) >= 11 is 11.9. The van der Waals surface area contributed by atoms with Gasteiger partial charge in [-0.1, -0.05) is 59.1 Å². The first-order valence-corrected chi connectivity index (χ1v) is 9.86. The zero-order valence-corrected chi connectivity index (χ0v) is 17.7. The first-order chi connectivity index (χ1) is 13.7. The molecule has 0 spiro atoms. The van der Waals surface area contributed by atoms with E-state index >= 15 is 0 Å². The summed E-state index contributed by atoms with van der Waals surface area (Å²) in [6, 6.07) is 12.4. The van der Waals surface area contributed by atoms with Crippen LogP contribution in [0.2, 0.25) is 10.0 Å². The van der Waals surface area contributed by atoms with Gasteiger partial charge >= 0.3 is 7.12 Å².